The molecule has 0 aliphatic heterocycles. The van der Waals surface area contributed by atoms with Crippen LogP contribution in [0.15, 0.2) is 41.7 Å². The van der Waals surface area contributed by atoms with Gasteiger partial charge in [0.05, 0.1) is 12.0 Å². The third-order valence-electron chi connectivity index (χ3n) is 2.57. The maximum atomic E-state index is 13.0. The summed E-state index contributed by atoms with van der Waals surface area (Å²) in [5, 5.41) is 0. The Kier molecular flexibility index (Phi) is 3.04. The maximum Gasteiger partial charge on any atom is 0.416 e. The quantitative estimate of drug-likeness (QED) is 0.748. The van der Waals surface area contributed by atoms with Crippen molar-refractivity contribution in [1.82, 2.24) is 0 Å². The standard InChI is InChI=1S/C12H9F5O/c13-11(14)6-9(12(15,16)17)10(11)18-7-8-4-2-1-3-5-8/h1-5H,6-7H2. The second kappa shape index (κ2) is 4.26. The number of hydrogen-bond acceptors (Lipinski definition) is 1. The van der Waals surface area contributed by atoms with Crippen LogP contribution in [0.2, 0.25) is 0 Å². The van der Waals surface area contributed by atoms with E-state index in [2.05, 4.69) is 4.74 Å². The van der Waals surface area contributed by atoms with E-state index >= 15 is 0 Å². The average Bonchev–Trinajstić information content (AvgIpc) is 2.26. The summed E-state index contributed by atoms with van der Waals surface area (Å²) in [6.07, 6.45) is -6.06. The minimum atomic E-state index is -4.76. The summed E-state index contributed by atoms with van der Waals surface area (Å²) >= 11 is 0. The van der Waals surface area contributed by atoms with Crippen LogP contribution in [0, 0.1) is 0 Å². The summed E-state index contributed by atoms with van der Waals surface area (Å²) in [5.74, 6) is -4.77. The van der Waals surface area contributed by atoms with E-state index in [0.717, 1.165) is 0 Å². The first-order valence-corrected chi connectivity index (χ1v) is 5.16. The first kappa shape index (κ1) is 12.9. The van der Waals surface area contributed by atoms with E-state index in [0.29, 0.717) is 5.56 Å². The van der Waals surface area contributed by atoms with Crippen molar-refractivity contribution in [2.45, 2.75) is 25.1 Å². The van der Waals surface area contributed by atoms with E-state index < -0.39 is 29.9 Å². The molecule has 0 radical (unpaired) electrons. The van der Waals surface area contributed by atoms with Crippen molar-refractivity contribution in [3.8, 4) is 0 Å². The number of benzene rings is 1. The summed E-state index contributed by atoms with van der Waals surface area (Å²) in [4.78, 5) is 0. The molecule has 1 aromatic rings. The zero-order valence-corrected chi connectivity index (χ0v) is 9.10. The molecular weight excluding hydrogens is 255 g/mol. The van der Waals surface area contributed by atoms with Crippen molar-refractivity contribution in [1.29, 1.82) is 0 Å². The lowest BCUT2D eigenvalue weighted by molar-refractivity contribution is -0.140. The molecule has 0 unspecified atom stereocenters. The van der Waals surface area contributed by atoms with Crippen LogP contribution in [0.3, 0.4) is 0 Å². The first-order valence-electron chi connectivity index (χ1n) is 5.16. The first-order chi connectivity index (χ1) is 8.31. The van der Waals surface area contributed by atoms with Gasteiger partial charge in [0.15, 0.2) is 5.76 Å². The third kappa shape index (κ3) is 2.47. The number of halogens is 5. The van der Waals surface area contributed by atoms with Gasteiger partial charge in [-0.15, -0.1) is 0 Å². The van der Waals surface area contributed by atoms with Gasteiger partial charge in [-0.2, -0.15) is 22.0 Å². The molecule has 6 heteroatoms. The Labute approximate surface area is 99.9 Å². The smallest absolute Gasteiger partial charge is 0.416 e. The second-order valence-electron chi connectivity index (χ2n) is 3.96. The molecular formula is C12H9F5O. The van der Waals surface area contributed by atoms with Gasteiger partial charge in [-0.25, -0.2) is 0 Å². The van der Waals surface area contributed by atoms with Crippen molar-refractivity contribution in [2.24, 2.45) is 0 Å². The van der Waals surface area contributed by atoms with Gasteiger partial charge in [0.25, 0.3) is 0 Å². The normalized spacial score (nSPS) is 18.5. The Morgan fingerprint density at radius 3 is 2.22 bits per heavy atom. The van der Waals surface area contributed by atoms with E-state index in [1.54, 1.807) is 30.3 Å². The Morgan fingerprint density at radius 2 is 1.72 bits per heavy atom. The van der Waals surface area contributed by atoms with Gasteiger partial charge in [-0.3, -0.25) is 0 Å². The van der Waals surface area contributed by atoms with E-state index in [4.69, 9.17) is 0 Å². The maximum absolute atomic E-state index is 13.0. The predicted octanol–water partition coefficient (Wildman–Crippen LogP) is 4.06. The molecule has 0 heterocycles. The molecule has 0 saturated heterocycles. The van der Waals surface area contributed by atoms with E-state index in [1.807, 2.05) is 0 Å². The van der Waals surface area contributed by atoms with Crippen molar-refractivity contribution in [3.63, 3.8) is 0 Å². The second-order valence-corrected chi connectivity index (χ2v) is 3.96. The Bertz CT molecular complexity index is 461. The number of allylic oxidation sites excluding steroid dienone is 2. The molecule has 0 aromatic heterocycles. The molecule has 0 saturated carbocycles. The largest absolute Gasteiger partial charge is 0.487 e. The molecule has 1 nitrogen and oxygen atoms in total. The molecule has 0 spiro atoms. The number of alkyl halides is 5. The van der Waals surface area contributed by atoms with E-state index in [9.17, 15) is 22.0 Å². The van der Waals surface area contributed by atoms with Crippen LogP contribution in [0.25, 0.3) is 0 Å². The molecule has 2 rings (SSSR count). The molecule has 1 aromatic carbocycles. The van der Waals surface area contributed by atoms with Crippen LogP contribution in [-0.2, 0) is 11.3 Å². The lowest BCUT2D eigenvalue weighted by Crippen LogP contribution is -2.39. The van der Waals surface area contributed by atoms with Gasteiger partial charge in [0.1, 0.15) is 6.61 Å². The lowest BCUT2D eigenvalue weighted by atomic mass is 9.91. The monoisotopic (exact) mass is 264 g/mol. The Hall–Kier alpha value is -1.59. The molecule has 0 atom stereocenters. The predicted molar refractivity (Wildman–Crippen MR) is 53.9 cm³/mol. The molecule has 1 aliphatic rings. The molecule has 0 fully saturated rings. The van der Waals surface area contributed by atoms with Crippen LogP contribution in [0.4, 0.5) is 22.0 Å². The highest BCUT2D eigenvalue weighted by molar-refractivity contribution is 5.33. The number of rotatable bonds is 3. The zero-order chi connectivity index (χ0) is 13.4. The molecule has 0 N–H and O–H groups in total. The molecule has 98 valence electrons. The number of hydrogen-bond donors (Lipinski definition) is 0. The minimum Gasteiger partial charge on any atom is -0.487 e. The van der Waals surface area contributed by atoms with E-state index in [-0.39, 0.29) is 6.61 Å². The molecule has 0 amide bonds. The van der Waals surface area contributed by atoms with Crippen LogP contribution in [0.5, 0.6) is 0 Å². The Morgan fingerprint density at radius 1 is 1.11 bits per heavy atom. The van der Waals surface area contributed by atoms with Crippen LogP contribution < -0.4 is 0 Å². The highest BCUT2D eigenvalue weighted by Gasteiger charge is 2.57. The van der Waals surface area contributed by atoms with Gasteiger partial charge in [0.2, 0.25) is 0 Å². The average molecular weight is 264 g/mol. The van der Waals surface area contributed by atoms with Crippen molar-refractivity contribution >= 4 is 0 Å². The fourth-order valence-corrected chi connectivity index (χ4v) is 1.65. The Balaban J connectivity index is 2.12. The highest BCUT2D eigenvalue weighted by Crippen LogP contribution is 2.50. The summed E-state index contributed by atoms with van der Waals surface area (Å²) in [6.45, 7) is -0.300. The molecule has 18 heavy (non-hydrogen) atoms. The van der Waals surface area contributed by atoms with Gasteiger partial charge in [-0.05, 0) is 5.56 Å². The SMILES string of the molecule is FC(F)(F)C1=C(OCc2ccccc2)C(F)(F)C1. The van der Waals surface area contributed by atoms with Crippen molar-refractivity contribution in [2.75, 3.05) is 0 Å². The molecule has 1 aliphatic carbocycles. The van der Waals surface area contributed by atoms with Gasteiger partial charge >= 0.3 is 12.1 Å². The lowest BCUT2D eigenvalue weighted by Gasteiger charge is -2.33. The van der Waals surface area contributed by atoms with E-state index in [1.165, 1.54) is 0 Å². The zero-order valence-electron chi connectivity index (χ0n) is 9.10. The van der Waals surface area contributed by atoms with Crippen molar-refractivity contribution in [3.05, 3.63) is 47.2 Å². The van der Waals surface area contributed by atoms with Crippen molar-refractivity contribution < 1.29 is 26.7 Å². The van der Waals surface area contributed by atoms with Gasteiger partial charge in [0, 0.05) is 0 Å². The number of ether oxygens (including phenoxy) is 1. The van der Waals surface area contributed by atoms with Crippen LogP contribution >= 0.6 is 0 Å². The summed E-state index contributed by atoms with van der Waals surface area (Å²) in [7, 11) is 0. The summed E-state index contributed by atoms with van der Waals surface area (Å²) in [6, 6.07) is 8.18. The minimum absolute atomic E-state index is 0.300. The topological polar surface area (TPSA) is 9.23 Å². The fourth-order valence-electron chi connectivity index (χ4n) is 1.65. The van der Waals surface area contributed by atoms with Crippen LogP contribution in [-0.4, -0.2) is 12.1 Å². The van der Waals surface area contributed by atoms with Crippen LogP contribution in [0.1, 0.15) is 12.0 Å². The van der Waals surface area contributed by atoms with Gasteiger partial charge in [-0.1, -0.05) is 30.3 Å². The van der Waals surface area contributed by atoms with Gasteiger partial charge < -0.3 is 4.74 Å². The highest BCUT2D eigenvalue weighted by atomic mass is 19.4. The molecule has 0 bridgehead atoms. The fraction of sp³-hybridized carbons (Fsp3) is 0.333. The summed E-state index contributed by atoms with van der Waals surface area (Å²) < 4.78 is 67.7. The third-order valence-corrected chi connectivity index (χ3v) is 2.57. The summed E-state index contributed by atoms with van der Waals surface area (Å²) in [5.41, 5.74) is -0.738.